The molecule has 4 N–H and O–H groups in total. The minimum absolute atomic E-state index is 0.104. The van der Waals surface area contributed by atoms with Crippen LogP contribution in [0.4, 0.5) is 5.69 Å². The predicted octanol–water partition coefficient (Wildman–Crippen LogP) is 0.851. The summed E-state index contributed by atoms with van der Waals surface area (Å²) in [5.41, 5.74) is 7.03. The lowest BCUT2D eigenvalue weighted by atomic mass is 10.1. The van der Waals surface area contributed by atoms with E-state index in [0.29, 0.717) is 11.3 Å². The van der Waals surface area contributed by atoms with Crippen LogP contribution in [0.1, 0.15) is 25.0 Å². The third-order valence-electron chi connectivity index (χ3n) is 3.36. The molecule has 0 radical (unpaired) electrons. The summed E-state index contributed by atoms with van der Waals surface area (Å²) < 4.78 is 21.8. The first-order valence-corrected chi connectivity index (χ1v) is 7.99. The molecule has 0 unspecified atom stereocenters. The summed E-state index contributed by atoms with van der Waals surface area (Å²) in [4.78, 5) is 12.2. The van der Waals surface area contributed by atoms with Gasteiger partial charge < -0.3 is 16.3 Å². The van der Waals surface area contributed by atoms with Gasteiger partial charge in [0.2, 0.25) is 5.91 Å². The zero-order valence-corrected chi connectivity index (χ0v) is 13.2. The lowest BCUT2D eigenvalue weighted by Crippen LogP contribution is -2.44. The Kier molecular flexibility index (Phi) is 4.62. The Morgan fingerprint density at radius 3 is 2.43 bits per heavy atom. The molecule has 1 amide bonds. The van der Waals surface area contributed by atoms with E-state index in [1.165, 1.54) is 19.9 Å². The number of benzene rings is 1. The fraction of sp³-hybridized carbons (Fsp3) is 0.385. The van der Waals surface area contributed by atoms with Gasteiger partial charge in [-0.15, -0.1) is 0 Å². The van der Waals surface area contributed by atoms with Gasteiger partial charge >= 0.3 is 0 Å². The number of anilines is 1. The maximum atomic E-state index is 12.2. The summed E-state index contributed by atoms with van der Waals surface area (Å²) in [5, 5.41) is 14.1. The van der Waals surface area contributed by atoms with Crippen molar-refractivity contribution in [3.63, 3.8) is 0 Å². The number of rotatable bonds is 4. The number of aryl methyl sites for hydroxylation is 1. The molecule has 0 aromatic heterocycles. The molecular formula is C13H19N3O4S. The maximum Gasteiger partial charge on any atom is 0.245 e. The molecule has 1 aromatic rings. The molecule has 0 fully saturated rings. The zero-order chi connectivity index (χ0) is 16.4. The predicted molar refractivity (Wildman–Crippen MR) is 81.2 cm³/mol. The van der Waals surface area contributed by atoms with Crippen LogP contribution in [0.15, 0.2) is 23.4 Å². The van der Waals surface area contributed by atoms with Crippen molar-refractivity contribution in [2.75, 3.05) is 11.6 Å². The summed E-state index contributed by atoms with van der Waals surface area (Å²) >= 11 is 0. The second-order valence-electron chi connectivity index (χ2n) is 5.25. The van der Waals surface area contributed by atoms with Crippen LogP contribution < -0.4 is 11.1 Å². The third kappa shape index (κ3) is 3.52. The van der Waals surface area contributed by atoms with Gasteiger partial charge in [-0.05, 0) is 32.4 Å². The highest BCUT2D eigenvalue weighted by molar-refractivity contribution is 7.92. The average molecular weight is 313 g/mol. The van der Waals surface area contributed by atoms with Crippen LogP contribution >= 0.6 is 0 Å². The quantitative estimate of drug-likeness (QED) is 0.329. The van der Waals surface area contributed by atoms with Crippen molar-refractivity contribution in [1.29, 1.82) is 0 Å². The van der Waals surface area contributed by atoms with Crippen LogP contribution in [0.5, 0.6) is 0 Å². The Balaban J connectivity index is 3.17. The SMILES string of the molecule is Cc1ccc(C(N)=NO)cc1NC(=O)C(C)(C)S(C)(=O)=O. The fourth-order valence-electron chi connectivity index (χ4n) is 1.41. The van der Waals surface area contributed by atoms with Crippen LogP contribution in [0, 0.1) is 6.92 Å². The monoisotopic (exact) mass is 313 g/mol. The Bertz CT molecular complexity index is 693. The van der Waals surface area contributed by atoms with Crippen molar-refractivity contribution in [2.24, 2.45) is 10.9 Å². The molecule has 0 aliphatic heterocycles. The maximum absolute atomic E-state index is 12.2. The number of carbonyl (C=O) groups is 1. The number of carbonyl (C=O) groups excluding carboxylic acids is 1. The van der Waals surface area contributed by atoms with E-state index >= 15 is 0 Å². The average Bonchev–Trinajstić information content (AvgIpc) is 2.38. The first-order chi connectivity index (χ1) is 9.50. The van der Waals surface area contributed by atoms with E-state index in [0.717, 1.165) is 11.8 Å². The number of oxime groups is 1. The van der Waals surface area contributed by atoms with Crippen LogP contribution in [-0.2, 0) is 14.6 Å². The van der Waals surface area contributed by atoms with Crippen molar-refractivity contribution in [3.05, 3.63) is 29.3 Å². The number of hydrogen-bond donors (Lipinski definition) is 3. The molecule has 21 heavy (non-hydrogen) atoms. The van der Waals surface area contributed by atoms with Gasteiger partial charge in [-0.25, -0.2) is 8.42 Å². The molecule has 0 spiro atoms. The molecule has 1 rings (SSSR count). The third-order valence-corrected chi connectivity index (χ3v) is 5.40. The van der Waals surface area contributed by atoms with Gasteiger partial charge in [0.25, 0.3) is 0 Å². The van der Waals surface area contributed by atoms with E-state index in [-0.39, 0.29) is 5.84 Å². The zero-order valence-electron chi connectivity index (χ0n) is 12.3. The van der Waals surface area contributed by atoms with Gasteiger partial charge in [0.05, 0.1) is 0 Å². The van der Waals surface area contributed by atoms with Crippen molar-refractivity contribution < 1.29 is 18.4 Å². The summed E-state index contributed by atoms with van der Waals surface area (Å²) in [7, 11) is -3.57. The van der Waals surface area contributed by atoms with Crippen molar-refractivity contribution in [1.82, 2.24) is 0 Å². The minimum Gasteiger partial charge on any atom is -0.409 e. The first-order valence-electron chi connectivity index (χ1n) is 6.10. The Labute approximate surface area is 123 Å². The second-order valence-corrected chi connectivity index (χ2v) is 7.82. The molecule has 7 nitrogen and oxygen atoms in total. The van der Waals surface area contributed by atoms with E-state index < -0.39 is 20.5 Å². The van der Waals surface area contributed by atoms with E-state index in [9.17, 15) is 13.2 Å². The summed E-state index contributed by atoms with van der Waals surface area (Å²) in [5.74, 6) is -0.752. The molecule has 0 aliphatic rings. The summed E-state index contributed by atoms with van der Waals surface area (Å²) in [6.07, 6.45) is 1.01. The molecular weight excluding hydrogens is 294 g/mol. The van der Waals surface area contributed by atoms with Crippen LogP contribution in [0.25, 0.3) is 0 Å². The number of amidine groups is 1. The van der Waals surface area contributed by atoms with Gasteiger partial charge in [-0.2, -0.15) is 0 Å². The largest absolute Gasteiger partial charge is 0.409 e. The molecule has 8 heteroatoms. The fourth-order valence-corrected chi connectivity index (χ4v) is 1.80. The van der Waals surface area contributed by atoms with Crippen molar-refractivity contribution >= 4 is 27.3 Å². The second kappa shape index (κ2) is 5.72. The molecule has 116 valence electrons. The number of hydrogen-bond acceptors (Lipinski definition) is 5. The van der Waals surface area contributed by atoms with Crippen LogP contribution in [-0.4, -0.2) is 36.4 Å². The van der Waals surface area contributed by atoms with E-state index in [1.807, 2.05) is 0 Å². The number of nitrogens with zero attached hydrogens (tertiary/aromatic N) is 1. The van der Waals surface area contributed by atoms with Crippen molar-refractivity contribution in [3.8, 4) is 0 Å². The van der Waals surface area contributed by atoms with Gasteiger partial charge in [0.1, 0.15) is 4.75 Å². The molecule has 0 bridgehead atoms. The minimum atomic E-state index is -3.57. The summed E-state index contributed by atoms with van der Waals surface area (Å²) in [6.45, 7) is 4.42. The Hall–Kier alpha value is -2.09. The topological polar surface area (TPSA) is 122 Å². The van der Waals surface area contributed by atoms with E-state index in [1.54, 1.807) is 19.1 Å². The van der Waals surface area contributed by atoms with Gasteiger partial charge in [0.15, 0.2) is 15.7 Å². The van der Waals surface area contributed by atoms with Gasteiger partial charge in [-0.3, -0.25) is 4.79 Å². The molecule has 0 heterocycles. The normalized spacial score (nSPS) is 13.0. The summed E-state index contributed by atoms with van der Waals surface area (Å²) in [6, 6.07) is 4.82. The molecule has 1 aromatic carbocycles. The van der Waals surface area contributed by atoms with Crippen LogP contribution in [0.2, 0.25) is 0 Å². The first kappa shape index (κ1) is 17.0. The van der Waals surface area contributed by atoms with Gasteiger partial charge in [-0.1, -0.05) is 17.3 Å². The van der Waals surface area contributed by atoms with E-state index in [4.69, 9.17) is 10.9 Å². The lowest BCUT2D eigenvalue weighted by Gasteiger charge is -2.22. The van der Waals surface area contributed by atoms with Crippen molar-refractivity contribution in [2.45, 2.75) is 25.5 Å². The number of amides is 1. The van der Waals surface area contributed by atoms with Crippen LogP contribution in [0.3, 0.4) is 0 Å². The van der Waals surface area contributed by atoms with Gasteiger partial charge in [0, 0.05) is 17.5 Å². The highest BCUT2D eigenvalue weighted by atomic mass is 32.2. The highest BCUT2D eigenvalue weighted by Gasteiger charge is 2.38. The number of nitrogens with one attached hydrogen (secondary N) is 1. The molecule has 0 aliphatic carbocycles. The Morgan fingerprint density at radius 2 is 1.95 bits per heavy atom. The number of nitrogens with two attached hydrogens (primary N) is 1. The number of sulfone groups is 1. The van der Waals surface area contributed by atoms with E-state index in [2.05, 4.69) is 10.5 Å². The highest BCUT2D eigenvalue weighted by Crippen LogP contribution is 2.22. The molecule has 0 atom stereocenters. The lowest BCUT2D eigenvalue weighted by molar-refractivity contribution is -0.117. The Morgan fingerprint density at radius 1 is 1.38 bits per heavy atom. The standard InChI is InChI=1S/C13H19N3O4S/c1-8-5-6-9(11(14)16-18)7-10(8)15-12(17)13(2,3)21(4,19)20/h5-7,18H,1-4H3,(H2,14,16)(H,15,17). The smallest absolute Gasteiger partial charge is 0.245 e. The molecule has 0 saturated heterocycles. The molecule has 0 saturated carbocycles.